The van der Waals surface area contributed by atoms with Crippen molar-refractivity contribution in [2.75, 3.05) is 18.6 Å². The summed E-state index contributed by atoms with van der Waals surface area (Å²) in [7, 11) is 1.59. The van der Waals surface area contributed by atoms with Crippen LogP contribution in [0.4, 0.5) is 5.69 Å². The van der Waals surface area contributed by atoms with E-state index >= 15 is 0 Å². The summed E-state index contributed by atoms with van der Waals surface area (Å²) in [5.74, 6) is 1.77. The SMILES string of the molecule is COc1ncc(C2CCCCS2)cc1N. The molecule has 0 spiro atoms. The number of thioether (sulfide) groups is 1. The molecule has 1 atom stereocenters. The van der Waals surface area contributed by atoms with E-state index in [1.807, 2.05) is 24.0 Å². The maximum atomic E-state index is 5.84. The molecule has 2 N–H and O–H groups in total. The van der Waals surface area contributed by atoms with Crippen molar-refractivity contribution < 1.29 is 4.74 Å². The van der Waals surface area contributed by atoms with Crippen molar-refractivity contribution in [3.05, 3.63) is 17.8 Å². The van der Waals surface area contributed by atoms with Crippen LogP contribution in [-0.2, 0) is 0 Å². The number of aromatic nitrogens is 1. The molecule has 3 nitrogen and oxygen atoms in total. The van der Waals surface area contributed by atoms with Gasteiger partial charge in [0.2, 0.25) is 5.88 Å². The van der Waals surface area contributed by atoms with Crippen LogP contribution in [0.2, 0.25) is 0 Å². The van der Waals surface area contributed by atoms with E-state index in [0.29, 0.717) is 16.8 Å². The lowest BCUT2D eigenvalue weighted by molar-refractivity contribution is 0.400. The highest BCUT2D eigenvalue weighted by molar-refractivity contribution is 7.99. The first-order valence-corrected chi connectivity index (χ1v) is 6.27. The van der Waals surface area contributed by atoms with Crippen LogP contribution in [0.3, 0.4) is 0 Å². The van der Waals surface area contributed by atoms with Crippen LogP contribution < -0.4 is 10.5 Å². The van der Waals surface area contributed by atoms with Gasteiger partial charge in [-0.25, -0.2) is 4.98 Å². The molecule has 0 bridgehead atoms. The van der Waals surface area contributed by atoms with Gasteiger partial charge in [-0.05, 0) is 30.2 Å². The van der Waals surface area contributed by atoms with E-state index in [2.05, 4.69) is 4.98 Å². The number of hydrogen-bond acceptors (Lipinski definition) is 4. The molecule has 0 radical (unpaired) electrons. The van der Waals surface area contributed by atoms with Gasteiger partial charge in [0, 0.05) is 11.4 Å². The second kappa shape index (κ2) is 4.75. The molecule has 1 aliphatic rings. The Hall–Kier alpha value is -0.900. The van der Waals surface area contributed by atoms with Crippen LogP contribution in [0.25, 0.3) is 0 Å². The molecular formula is C11H16N2OS. The summed E-state index contributed by atoms with van der Waals surface area (Å²) in [6.07, 6.45) is 5.76. The minimum Gasteiger partial charge on any atom is -0.480 e. The summed E-state index contributed by atoms with van der Waals surface area (Å²) in [4.78, 5) is 4.21. The Morgan fingerprint density at radius 3 is 3.00 bits per heavy atom. The molecule has 82 valence electrons. The quantitative estimate of drug-likeness (QED) is 0.839. The van der Waals surface area contributed by atoms with Gasteiger partial charge in [-0.3, -0.25) is 0 Å². The first-order valence-electron chi connectivity index (χ1n) is 5.22. The van der Waals surface area contributed by atoms with Crippen LogP contribution in [0.1, 0.15) is 30.1 Å². The standard InChI is InChI=1S/C11H16N2OS/c1-14-11-9(12)6-8(7-13-11)10-4-2-3-5-15-10/h6-7,10H,2-5,12H2,1H3. The van der Waals surface area contributed by atoms with Crippen LogP contribution in [-0.4, -0.2) is 17.8 Å². The van der Waals surface area contributed by atoms with E-state index < -0.39 is 0 Å². The number of rotatable bonds is 2. The number of nitrogens with two attached hydrogens (primary N) is 1. The minimum atomic E-state index is 0.527. The van der Waals surface area contributed by atoms with Crippen LogP contribution in [0.15, 0.2) is 12.3 Å². The van der Waals surface area contributed by atoms with E-state index in [-0.39, 0.29) is 0 Å². The Labute approximate surface area is 94.4 Å². The summed E-state index contributed by atoms with van der Waals surface area (Å²) in [5.41, 5.74) is 7.72. The van der Waals surface area contributed by atoms with E-state index in [9.17, 15) is 0 Å². The van der Waals surface area contributed by atoms with Gasteiger partial charge < -0.3 is 10.5 Å². The predicted molar refractivity (Wildman–Crippen MR) is 64.3 cm³/mol. The highest BCUT2D eigenvalue weighted by Gasteiger charge is 2.17. The molecule has 2 heterocycles. The van der Waals surface area contributed by atoms with E-state index in [1.54, 1.807) is 7.11 Å². The molecule has 0 aromatic carbocycles. The van der Waals surface area contributed by atoms with Crippen molar-refractivity contribution in [3.8, 4) is 5.88 Å². The van der Waals surface area contributed by atoms with E-state index in [0.717, 1.165) is 0 Å². The van der Waals surface area contributed by atoms with Crippen LogP contribution in [0, 0.1) is 0 Å². The Balaban J connectivity index is 2.17. The lowest BCUT2D eigenvalue weighted by atomic mass is 10.1. The first-order chi connectivity index (χ1) is 7.31. The molecule has 1 aliphatic heterocycles. The molecule has 0 aliphatic carbocycles. The topological polar surface area (TPSA) is 48.1 Å². The third kappa shape index (κ3) is 2.37. The van der Waals surface area contributed by atoms with Gasteiger partial charge in [-0.1, -0.05) is 6.42 Å². The lowest BCUT2D eigenvalue weighted by Gasteiger charge is -2.21. The van der Waals surface area contributed by atoms with Gasteiger partial charge in [-0.15, -0.1) is 0 Å². The molecule has 1 unspecified atom stereocenters. The number of nitrogen functional groups attached to an aromatic ring is 1. The highest BCUT2D eigenvalue weighted by atomic mass is 32.2. The summed E-state index contributed by atoms with van der Waals surface area (Å²) in [5, 5.41) is 0.569. The fourth-order valence-electron chi connectivity index (χ4n) is 1.84. The Kier molecular flexibility index (Phi) is 3.36. The maximum Gasteiger partial charge on any atom is 0.236 e. The molecular weight excluding hydrogens is 208 g/mol. The smallest absolute Gasteiger partial charge is 0.236 e. The predicted octanol–water partition coefficient (Wildman–Crippen LogP) is 2.63. The number of hydrogen-bond donors (Lipinski definition) is 1. The fourth-order valence-corrected chi connectivity index (χ4v) is 3.15. The van der Waals surface area contributed by atoms with Crippen molar-refractivity contribution in [2.24, 2.45) is 0 Å². The molecule has 1 saturated heterocycles. The highest BCUT2D eigenvalue weighted by Crippen LogP contribution is 2.39. The minimum absolute atomic E-state index is 0.527. The fraction of sp³-hybridized carbons (Fsp3) is 0.545. The normalized spacial score (nSPS) is 21.3. The Bertz CT molecular complexity index is 337. The molecule has 4 heteroatoms. The molecule has 0 amide bonds. The van der Waals surface area contributed by atoms with Gasteiger partial charge >= 0.3 is 0 Å². The monoisotopic (exact) mass is 224 g/mol. The van der Waals surface area contributed by atoms with Crippen molar-refractivity contribution >= 4 is 17.4 Å². The number of pyridine rings is 1. The number of anilines is 1. The zero-order valence-electron chi connectivity index (χ0n) is 8.90. The molecule has 1 aromatic heterocycles. The average molecular weight is 224 g/mol. The Morgan fingerprint density at radius 2 is 2.40 bits per heavy atom. The van der Waals surface area contributed by atoms with Crippen LogP contribution >= 0.6 is 11.8 Å². The largest absolute Gasteiger partial charge is 0.480 e. The molecule has 15 heavy (non-hydrogen) atoms. The lowest BCUT2D eigenvalue weighted by Crippen LogP contribution is -2.04. The average Bonchev–Trinajstić information content (AvgIpc) is 2.30. The second-order valence-electron chi connectivity index (χ2n) is 3.72. The van der Waals surface area contributed by atoms with Crippen LogP contribution in [0.5, 0.6) is 5.88 Å². The zero-order chi connectivity index (χ0) is 10.7. The molecule has 1 fully saturated rings. The molecule has 2 rings (SSSR count). The van der Waals surface area contributed by atoms with Gasteiger partial charge in [0.1, 0.15) is 0 Å². The van der Waals surface area contributed by atoms with E-state index in [4.69, 9.17) is 10.5 Å². The number of ether oxygens (including phenoxy) is 1. The number of nitrogens with zero attached hydrogens (tertiary/aromatic N) is 1. The summed E-state index contributed by atoms with van der Waals surface area (Å²) < 4.78 is 5.04. The van der Waals surface area contributed by atoms with Gasteiger partial charge in [0.05, 0.1) is 12.8 Å². The first kappa shape index (κ1) is 10.6. The van der Waals surface area contributed by atoms with Gasteiger partial charge in [0.15, 0.2) is 0 Å². The van der Waals surface area contributed by atoms with E-state index in [1.165, 1.54) is 30.6 Å². The van der Waals surface area contributed by atoms with Crippen molar-refractivity contribution in [1.82, 2.24) is 4.98 Å². The second-order valence-corrected chi connectivity index (χ2v) is 5.03. The third-order valence-corrected chi connectivity index (χ3v) is 4.08. The molecule has 0 saturated carbocycles. The number of methoxy groups -OCH3 is 1. The third-order valence-electron chi connectivity index (χ3n) is 2.64. The molecule has 1 aromatic rings. The summed E-state index contributed by atoms with van der Waals surface area (Å²) in [6.45, 7) is 0. The van der Waals surface area contributed by atoms with Crippen molar-refractivity contribution in [1.29, 1.82) is 0 Å². The maximum absolute atomic E-state index is 5.84. The van der Waals surface area contributed by atoms with Crippen molar-refractivity contribution in [3.63, 3.8) is 0 Å². The summed E-state index contributed by atoms with van der Waals surface area (Å²) in [6, 6.07) is 1.99. The summed E-state index contributed by atoms with van der Waals surface area (Å²) >= 11 is 2.00. The van der Waals surface area contributed by atoms with Crippen molar-refractivity contribution in [2.45, 2.75) is 24.5 Å². The van der Waals surface area contributed by atoms with Gasteiger partial charge in [0.25, 0.3) is 0 Å². The zero-order valence-corrected chi connectivity index (χ0v) is 9.72. The Morgan fingerprint density at radius 1 is 1.53 bits per heavy atom. The van der Waals surface area contributed by atoms with Gasteiger partial charge in [-0.2, -0.15) is 11.8 Å².